The van der Waals surface area contributed by atoms with E-state index in [9.17, 15) is 0 Å². The molecule has 0 N–H and O–H groups in total. The summed E-state index contributed by atoms with van der Waals surface area (Å²) in [6.45, 7) is 3.65. The smallest absolute Gasteiger partial charge is 0.241 e. The van der Waals surface area contributed by atoms with Crippen LogP contribution in [0.5, 0.6) is 11.5 Å². The maximum Gasteiger partial charge on any atom is 0.241 e. The summed E-state index contributed by atoms with van der Waals surface area (Å²) in [5, 5.41) is 4.19. The zero-order valence-electron chi connectivity index (χ0n) is 16.5. The van der Waals surface area contributed by atoms with E-state index in [2.05, 4.69) is 34.1 Å². The molecule has 6 nitrogen and oxygen atoms in total. The number of ether oxygens (including phenoxy) is 2. The van der Waals surface area contributed by atoms with Crippen LogP contribution < -0.4 is 9.47 Å². The van der Waals surface area contributed by atoms with E-state index in [1.165, 1.54) is 0 Å². The molecule has 0 saturated carbocycles. The Hall–Kier alpha value is -2.86. The lowest BCUT2D eigenvalue weighted by atomic mass is 10.0. The predicted octanol–water partition coefficient (Wildman–Crippen LogP) is 4.40. The Balaban J connectivity index is 1.57. The molecule has 28 heavy (non-hydrogen) atoms. The van der Waals surface area contributed by atoms with Gasteiger partial charge in [0, 0.05) is 17.2 Å². The van der Waals surface area contributed by atoms with E-state index in [0.29, 0.717) is 18.3 Å². The fourth-order valence-electron chi connectivity index (χ4n) is 3.89. The number of nitrogens with zero attached hydrogens (tertiary/aromatic N) is 3. The van der Waals surface area contributed by atoms with Crippen molar-refractivity contribution in [1.29, 1.82) is 0 Å². The van der Waals surface area contributed by atoms with Crippen LogP contribution in [0, 0.1) is 6.92 Å². The Morgan fingerprint density at radius 2 is 2.00 bits per heavy atom. The lowest BCUT2D eigenvalue weighted by Gasteiger charge is -2.25. The van der Waals surface area contributed by atoms with E-state index in [1.807, 2.05) is 30.3 Å². The van der Waals surface area contributed by atoms with E-state index in [4.69, 9.17) is 14.0 Å². The fourth-order valence-corrected chi connectivity index (χ4v) is 3.89. The zero-order valence-corrected chi connectivity index (χ0v) is 16.5. The monoisotopic (exact) mass is 379 g/mol. The van der Waals surface area contributed by atoms with Gasteiger partial charge in [-0.2, -0.15) is 4.98 Å². The first kappa shape index (κ1) is 18.5. The molecule has 2 heterocycles. The highest BCUT2D eigenvalue weighted by Crippen LogP contribution is 2.39. The van der Waals surface area contributed by atoms with Crippen LogP contribution in [0.4, 0.5) is 0 Å². The van der Waals surface area contributed by atoms with E-state index >= 15 is 0 Å². The minimum Gasteiger partial charge on any atom is -0.497 e. The summed E-state index contributed by atoms with van der Waals surface area (Å²) in [7, 11) is 3.39. The topological polar surface area (TPSA) is 60.6 Å². The van der Waals surface area contributed by atoms with Gasteiger partial charge in [-0.05, 0) is 50.1 Å². The Morgan fingerprint density at radius 3 is 2.79 bits per heavy atom. The Labute approximate surface area is 165 Å². The first-order valence-electron chi connectivity index (χ1n) is 9.54. The van der Waals surface area contributed by atoms with Crippen molar-refractivity contribution in [2.24, 2.45) is 0 Å². The SMILES string of the molecule is COc1ccc(OC)c(C2CCCN2Cc2nc(-c3ccccc3C)no2)c1. The van der Waals surface area contributed by atoms with E-state index in [1.54, 1.807) is 14.2 Å². The van der Waals surface area contributed by atoms with Gasteiger partial charge in [0.15, 0.2) is 0 Å². The third kappa shape index (κ3) is 3.60. The number of hydrogen-bond donors (Lipinski definition) is 0. The molecule has 0 aliphatic carbocycles. The normalized spacial score (nSPS) is 17.0. The summed E-state index contributed by atoms with van der Waals surface area (Å²) in [4.78, 5) is 7.00. The molecule has 1 fully saturated rings. The van der Waals surface area contributed by atoms with E-state index in [-0.39, 0.29) is 6.04 Å². The number of hydrogen-bond acceptors (Lipinski definition) is 6. The molecule has 3 aromatic rings. The second-order valence-electron chi connectivity index (χ2n) is 7.06. The first-order chi connectivity index (χ1) is 13.7. The maximum absolute atomic E-state index is 5.60. The number of aromatic nitrogens is 2. The Morgan fingerprint density at radius 1 is 1.14 bits per heavy atom. The molecule has 4 rings (SSSR count). The van der Waals surface area contributed by atoms with Gasteiger partial charge in [-0.15, -0.1) is 0 Å². The first-order valence-corrected chi connectivity index (χ1v) is 9.54. The fraction of sp³-hybridized carbons (Fsp3) is 0.364. The van der Waals surface area contributed by atoms with Gasteiger partial charge in [0.2, 0.25) is 11.7 Å². The molecule has 0 spiro atoms. The lowest BCUT2D eigenvalue weighted by molar-refractivity contribution is 0.209. The van der Waals surface area contributed by atoms with Crippen LogP contribution in [-0.4, -0.2) is 35.8 Å². The summed E-state index contributed by atoms with van der Waals surface area (Å²) >= 11 is 0. The summed E-state index contributed by atoms with van der Waals surface area (Å²) in [5.41, 5.74) is 3.28. The van der Waals surface area contributed by atoms with Gasteiger partial charge in [0.1, 0.15) is 11.5 Å². The molecule has 146 valence electrons. The molecule has 1 aliphatic heterocycles. The molecule has 6 heteroatoms. The number of methoxy groups -OCH3 is 2. The molecule has 0 bridgehead atoms. The molecule has 1 aliphatic rings. The van der Waals surface area contributed by atoms with Crippen LogP contribution in [0.2, 0.25) is 0 Å². The van der Waals surface area contributed by atoms with Crippen molar-refractivity contribution < 1.29 is 14.0 Å². The second kappa shape index (κ2) is 8.02. The lowest BCUT2D eigenvalue weighted by Crippen LogP contribution is -2.23. The second-order valence-corrected chi connectivity index (χ2v) is 7.06. The third-order valence-electron chi connectivity index (χ3n) is 5.35. The summed E-state index contributed by atoms with van der Waals surface area (Å²) < 4.78 is 16.6. The van der Waals surface area contributed by atoms with Gasteiger partial charge < -0.3 is 14.0 Å². The van der Waals surface area contributed by atoms with Crippen molar-refractivity contribution in [3.05, 3.63) is 59.5 Å². The van der Waals surface area contributed by atoms with Crippen LogP contribution in [0.15, 0.2) is 47.0 Å². The summed E-state index contributed by atoms with van der Waals surface area (Å²) in [6.07, 6.45) is 2.17. The van der Waals surface area contributed by atoms with Crippen molar-refractivity contribution in [3.8, 4) is 22.9 Å². The van der Waals surface area contributed by atoms with Gasteiger partial charge in [-0.1, -0.05) is 29.4 Å². The molecule has 0 radical (unpaired) electrons. The predicted molar refractivity (Wildman–Crippen MR) is 106 cm³/mol. The van der Waals surface area contributed by atoms with Crippen LogP contribution in [0.1, 0.15) is 35.9 Å². The van der Waals surface area contributed by atoms with Crippen LogP contribution in [0.25, 0.3) is 11.4 Å². The standard InChI is InChI=1S/C22H25N3O3/c1-15-7-4-5-8-17(15)22-23-21(28-24-22)14-25-12-6-9-19(25)18-13-16(26-2)10-11-20(18)27-3/h4-5,7-8,10-11,13,19H,6,9,12,14H2,1-3H3. The highest BCUT2D eigenvalue weighted by molar-refractivity contribution is 5.58. The van der Waals surface area contributed by atoms with Gasteiger partial charge in [-0.25, -0.2) is 0 Å². The largest absolute Gasteiger partial charge is 0.497 e. The quantitative estimate of drug-likeness (QED) is 0.633. The molecular formula is C22H25N3O3. The average Bonchev–Trinajstić information content (AvgIpc) is 3.38. The highest BCUT2D eigenvalue weighted by Gasteiger charge is 2.30. The van der Waals surface area contributed by atoms with Gasteiger partial charge in [0.05, 0.1) is 20.8 Å². The summed E-state index contributed by atoms with van der Waals surface area (Å²) in [6, 6.07) is 14.3. The molecule has 1 aromatic heterocycles. The highest BCUT2D eigenvalue weighted by atomic mass is 16.5. The molecule has 1 atom stereocenters. The van der Waals surface area contributed by atoms with Crippen molar-refractivity contribution >= 4 is 0 Å². The molecule has 1 unspecified atom stereocenters. The Bertz CT molecular complexity index is 954. The van der Waals surface area contributed by atoms with Gasteiger partial charge in [0.25, 0.3) is 0 Å². The number of likely N-dealkylation sites (tertiary alicyclic amines) is 1. The van der Waals surface area contributed by atoms with E-state index in [0.717, 1.165) is 47.6 Å². The van der Waals surface area contributed by atoms with Gasteiger partial charge >= 0.3 is 0 Å². The third-order valence-corrected chi connectivity index (χ3v) is 5.35. The Kier molecular flexibility index (Phi) is 5.30. The molecule has 1 saturated heterocycles. The van der Waals surface area contributed by atoms with Crippen LogP contribution in [-0.2, 0) is 6.54 Å². The van der Waals surface area contributed by atoms with Crippen LogP contribution >= 0.6 is 0 Å². The molecule has 0 amide bonds. The van der Waals surface area contributed by atoms with Crippen LogP contribution in [0.3, 0.4) is 0 Å². The van der Waals surface area contributed by atoms with Crippen molar-refractivity contribution in [3.63, 3.8) is 0 Å². The number of benzene rings is 2. The van der Waals surface area contributed by atoms with Gasteiger partial charge in [-0.3, -0.25) is 4.90 Å². The van der Waals surface area contributed by atoms with Crippen molar-refractivity contribution in [2.75, 3.05) is 20.8 Å². The zero-order chi connectivity index (χ0) is 19.5. The van der Waals surface area contributed by atoms with E-state index < -0.39 is 0 Å². The van der Waals surface area contributed by atoms with Crippen molar-refractivity contribution in [1.82, 2.24) is 15.0 Å². The number of aryl methyl sites for hydroxylation is 1. The number of rotatable bonds is 6. The molecule has 2 aromatic carbocycles. The average molecular weight is 379 g/mol. The summed E-state index contributed by atoms with van der Waals surface area (Å²) in [5.74, 6) is 2.99. The molecular weight excluding hydrogens is 354 g/mol. The minimum atomic E-state index is 0.235. The minimum absolute atomic E-state index is 0.235. The maximum atomic E-state index is 5.60. The van der Waals surface area contributed by atoms with Crippen molar-refractivity contribution in [2.45, 2.75) is 32.4 Å².